The molecule has 1 atom stereocenters. The summed E-state index contributed by atoms with van der Waals surface area (Å²) in [6.07, 6.45) is 0. The predicted octanol–water partition coefficient (Wildman–Crippen LogP) is 4.60. The minimum Gasteiger partial charge on any atom is -0.378 e. The zero-order valence-electron chi connectivity index (χ0n) is 13.0. The maximum atomic E-state index is 3.67. The molecule has 3 heteroatoms. The molecule has 1 aromatic carbocycles. The Kier molecular flexibility index (Phi) is 4.84. The predicted molar refractivity (Wildman–Crippen MR) is 89.7 cm³/mol. The zero-order valence-corrected chi connectivity index (χ0v) is 13.8. The Balaban J connectivity index is 2.19. The van der Waals surface area contributed by atoms with Crippen LogP contribution >= 0.6 is 11.3 Å². The van der Waals surface area contributed by atoms with Gasteiger partial charge >= 0.3 is 0 Å². The van der Waals surface area contributed by atoms with Crippen molar-refractivity contribution in [2.24, 2.45) is 0 Å². The number of hydrogen-bond donors (Lipinski definition) is 1. The van der Waals surface area contributed by atoms with E-state index in [-0.39, 0.29) is 0 Å². The Labute approximate surface area is 126 Å². The van der Waals surface area contributed by atoms with E-state index in [1.807, 2.05) is 11.3 Å². The molecule has 0 fully saturated rings. The molecule has 0 saturated heterocycles. The molecule has 0 bridgehead atoms. The van der Waals surface area contributed by atoms with Gasteiger partial charge in [-0.2, -0.15) is 0 Å². The van der Waals surface area contributed by atoms with E-state index in [1.54, 1.807) is 0 Å². The van der Waals surface area contributed by atoms with E-state index in [2.05, 4.69) is 75.4 Å². The van der Waals surface area contributed by atoms with Gasteiger partial charge in [-0.1, -0.05) is 18.2 Å². The van der Waals surface area contributed by atoms with Crippen molar-refractivity contribution in [3.8, 4) is 0 Å². The van der Waals surface area contributed by atoms with Crippen molar-refractivity contribution in [2.45, 2.75) is 33.4 Å². The number of hydrogen-bond acceptors (Lipinski definition) is 3. The summed E-state index contributed by atoms with van der Waals surface area (Å²) in [5.41, 5.74) is 3.98. The van der Waals surface area contributed by atoms with Crippen LogP contribution in [-0.4, -0.2) is 19.0 Å². The molecule has 1 heterocycles. The van der Waals surface area contributed by atoms with Crippen molar-refractivity contribution in [3.63, 3.8) is 0 Å². The Bertz CT molecular complexity index is 572. The molecule has 2 nitrogen and oxygen atoms in total. The van der Waals surface area contributed by atoms with Gasteiger partial charge < -0.3 is 10.2 Å². The Morgan fingerprint density at radius 1 is 1.20 bits per heavy atom. The third kappa shape index (κ3) is 3.62. The number of benzene rings is 1. The van der Waals surface area contributed by atoms with E-state index < -0.39 is 0 Å². The number of thiophene rings is 1. The molecule has 0 saturated carbocycles. The van der Waals surface area contributed by atoms with Crippen LogP contribution < -0.4 is 5.32 Å². The summed E-state index contributed by atoms with van der Waals surface area (Å²) in [6.45, 7) is 7.57. The fourth-order valence-corrected chi connectivity index (χ4v) is 3.55. The largest absolute Gasteiger partial charge is 0.378 e. The molecule has 1 aromatic heterocycles. The van der Waals surface area contributed by atoms with Crippen molar-refractivity contribution in [1.82, 2.24) is 4.90 Å². The second-order valence-corrected chi connectivity index (χ2v) is 7.09. The second-order valence-electron chi connectivity index (χ2n) is 5.63. The Morgan fingerprint density at radius 2 is 1.90 bits per heavy atom. The Hall–Kier alpha value is -1.32. The number of anilines is 1. The van der Waals surface area contributed by atoms with Gasteiger partial charge in [-0.25, -0.2) is 0 Å². The van der Waals surface area contributed by atoms with E-state index in [4.69, 9.17) is 0 Å². The van der Waals surface area contributed by atoms with Crippen LogP contribution in [-0.2, 0) is 6.54 Å². The molecule has 20 heavy (non-hydrogen) atoms. The van der Waals surface area contributed by atoms with Gasteiger partial charge in [0.15, 0.2) is 0 Å². The summed E-state index contributed by atoms with van der Waals surface area (Å²) >= 11 is 1.87. The lowest BCUT2D eigenvalue weighted by atomic mass is 10.1. The van der Waals surface area contributed by atoms with E-state index in [9.17, 15) is 0 Å². The van der Waals surface area contributed by atoms with E-state index in [0.717, 1.165) is 6.54 Å². The number of aryl methyl sites for hydroxylation is 2. The quantitative estimate of drug-likeness (QED) is 0.865. The highest BCUT2D eigenvalue weighted by atomic mass is 32.1. The van der Waals surface area contributed by atoms with Crippen LogP contribution in [0.2, 0.25) is 0 Å². The topological polar surface area (TPSA) is 15.3 Å². The number of rotatable bonds is 5. The third-order valence-corrected chi connectivity index (χ3v) is 4.40. The van der Waals surface area contributed by atoms with Crippen LogP contribution in [0.1, 0.15) is 33.8 Å². The number of nitrogens with one attached hydrogen (secondary N) is 1. The third-order valence-electron chi connectivity index (χ3n) is 3.42. The van der Waals surface area contributed by atoms with Gasteiger partial charge in [0, 0.05) is 28.0 Å². The monoisotopic (exact) mass is 288 g/mol. The first-order chi connectivity index (χ1) is 9.47. The molecule has 0 amide bonds. The standard InChI is InChI=1S/C17H24N2S/c1-12-10-16(14(3)20-12)13(2)18-17-9-7-6-8-15(17)11-19(4)5/h6-10,13,18H,11H2,1-5H3. The Morgan fingerprint density at radius 3 is 2.50 bits per heavy atom. The van der Waals surface area contributed by atoms with Crippen molar-refractivity contribution in [2.75, 3.05) is 19.4 Å². The summed E-state index contributed by atoms with van der Waals surface area (Å²) in [6, 6.07) is 11.2. The van der Waals surface area contributed by atoms with Gasteiger partial charge in [0.2, 0.25) is 0 Å². The highest BCUT2D eigenvalue weighted by molar-refractivity contribution is 7.12. The fraction of sp³-hybridized carbons (Fsp3) is 0.412. The van der Waals surface area contributed by atoms with Crippen LogP contribution in [0.3, 0.4) is 0 Å². The number of nitrogens with zero attached hydrogens (tertiary/aromatic N) is 1. The van der Waals surface area contributed by atoms with Crippen molar-refractivity contribution in [3.05, 3.63) is 51.2 Å². The summed E-state index contributed by atoms with van der Waals surface area (Å²) in [5, 5.41) is 3.67. The summed E-state index contributed by atoms with van der Waals surface area (Å²) < 4.78 is 0. The highest BCUT2D eigenvalue weighted by Crippen LogP contribution is 2.29. The second kappa shape index (κ2) is 6.42. The first-order valence-corrected chi connectivity index (χ1v) is 7.85. The summed E-state index contributed by atoms with van der Waals surface area (Å²) in [7, 11) is 4.21. The average Bonchev–Trinajstić information content (AvgIpc) is 2.70. The minimum atomic E-state index is 0.336. The maximum Gasteiger partial charge on any atom is 0.0496 e. The van der Waals surface area contributed by atoms with Crippen molar-refractivity contribution >= 4 is 17.0 Å². The molecular weight excluding hydrogens is 264 g/mol. The lowest BCUT2D eigenvalue weighted by Crippen LogP contribution is -2.14. The average molecular weight is 288 g/mol. The van der Waals surface area contributed by atoms with Gasteiger partial charge in [-0.15, -0.1) is 11.3 Å². The summed E-state index contributed by atoms with van der Waals surface area (Å²) in [4.78, 5) is 4.99. The first-order valence-electron chi connectivity index (χ1n) is 7.03. The van der Waals surface area contributed by atoms with Crippen LogP contribution in [0.5, 0.6) is 0 Å². The molecule has 0 aliphatic carbocycles. The van der Waals surface area contributed by atoms with Crippen molar-refractivity contribution < 1.29 is 0 Å². The molecule has 0 aliphatic rings. The van der Waals surface area contributed by atoms with Gasteiger partial charge in [0.05, 0.1) is 0 Å². The lowest BCUT2D eigenvalue weighted by molar-refractivity contribution is 0.403. The van der Waals surface area contributed by atoms with Crippen LogP contribution in [0.4, 0.5) is 5.69 Å². The SMILES string of the molecule is Cc1cc(C(C)Nc2ccccc2CN(C)C)c(C)s1. The van der Waals surface area contributed by atoms with Crippen LogP contribution in [0.25, 0.3) is 0 Å². The molecule has 1 unspecified atom stereocenters. The summed E-state index contributed by atoms with van der Waals surface area (Å²) in [5.74, 6) is 0. The zero-order chi connectivity index (χ0) is 14.7. The molecule has 108 valence electrons. The highest BCUT2D eigenvalue weighted by Gasteiger charge is 2.12. The van der Waals surface area contributed by atoms with E-state index >= 15 is 0 Å². The molecule has 0 radical (unpaired) electrons. The van der Waals surface area contributed by atoms with E-state index in [0.29, 0.717) is 6.04 Å². The minimum absolute atomic E-state index is 0.336. The van der Waals surface area contributed by atoms with E-state index in [1.165, 1.54) is 26.6 Å². The van der Waals surface area contributed by atoms with Crippen molar-refractivity contribution in [1.29, 1.82) is 0 Å². The molecule has 0 aliphatic heterocycles. The normalized spacial score (nSPS) is 12.7. The molecule has 2 aromatic rings. The fourth-order valence-electron chi connectivity index (χ4n) is 2.53. The number of para-hydroxylation sites is 1. The molecule has 1 N–H and O–H groups in total. The lowest BCUT2D eigenvalue weighted by Gasteiger charge is -2.20. The smallest absolute Gasteiger partial charge is 0.0496 e. The molecular formula is C17H24N2S. The van der Waals surface area contributed by atoms with Gasteiger partial charge in [0.1, 0.15) is 0 Å². The van der Waals surface area contributed by atoms with Crippen LogP contribution in [0.15, 0.2) is 30.3 Å². The van der Waals surface area contributed by atoms with Crippen LogP contribution in [0, 0.1) is 13.8 Å². The van der Waals surface area contributed by atoms with Gasteiger partial charge in [-0.05, 0) is 58.1 Å². The molecule has 2 rings (SSSR count). The maximum absolute atomic E-state index is 3.67. The molecule has 0 spiro atoms. The first kappa shape index (κ1) is 15.1. The van der Waals surface area contributed by atoms with Gasteiger partial charge in [-0.3, -0.25) is 0 Å². The van der Waals surface area contributed by atoms with Gasteiger partial charge in [0.25, 0.3) is 0 Å².